The largest absolute Gasteiger partial charge is 0.446 e. The van der Waals surface area contributed by atoms with Crippen molar-refractivity contribution in [2.75, 3.05) is 5.32 Å². The van der Waals surface area contributed by atoms with Gasteiger partial charge in [0.15, 0.2) is 5.82 Å². The number of hydrogen-bond donors (Lipinski definition) is 3. The number of alkyl carbamates (subject to hydrolysis) is 1. The number of rotatable bonds is 6. The van der Waals surface area contributed by atoms with Gasteiger partial charge in [-0.1, -0.05) is 24.4 Å². The SMILES string of the molecule is Cc1cc(CC(=O)Nc2cc([C@@H]3CC[C@@H](OC(=O)NC4CCCCC4)C3)[nH]n2)on1. The number of carbonyl (C=O) groups is 2. The molecule has 2 aromatic heterocycles. The van der Waals surface area contributed by atoms with Gasteiger partial charge < -0.3 is 19.9 Å². The highest BCUT2D eigenvalue weighted by Crippen LogP contribution is 2.36. The van der Waals surface area contributed by atoms with Gasteiger partial charge in [-0.15, -0.1) is 0 Å². The van der Waals surface area contributed by atoms with Gasteiger partial charge in [0.05, 0.1) is 12.1 Å². The summed E-state index contributed by atoms with van der Waals surface area (Å²) in [5.41, 5.74) is 1.69. The molecule has 0 unspecified atom stereocenters. The zero-order chi connectivity index (χ0) is 20.9. The Hall–Kier alpha value is -2.84. The molecule has 0 bridgehead atoms. The highest BCUT2D eigenvalue weighted by molar-refractivity contribution is 5.91. The Bertz CT molecular complexity index is 870. The summed E-state index contributed by atoms with van der Waals surface area (Å²) in [4.78, 5) is 24.3. The minimum atomic E-state index is -0.298. The van der Waals surface area contributed by atoms with Crippen LogP contribution >= 0.6 is 0 Å². The minimum absolute atomic E-state index is 0.0883. The average molecular weight is 415 g/mol. The highest BCUT2D eigenvalue weighted by Gasteiger charge is 2.30. The summed E-state index contributed by atoms with van der Waals surface area (Å²) in [6.07, 6.45) is 7.90. The van der Waals surface area contributed by atoms with Crippen molar-refractivity contribution < 1.29 is 18.8 Å². The van der Waals surface area contributed by atoms with Crippen LogP contribution in [0.15, 0.2) is 16.7 Å². The molecule has 2 fully saturated rings. The Kier molecular flexibility index (Phi) is 6.35. The summed E-state index contributed by atoms with van der Waals surface area (Å²) in [7, 11) is 0. The second-order valence-corrected chi connectivity index (χ2v) is 8.38. The summed E-state index contributed by atoms with van der Waals surface area (Å²) in [6, 6.07) is 3.83. The maximum absolute atomic E-state index is 12.2. The molecule has 0 saturated heterocycles. The number of anilines is 1. The summed E-state index contributed by atoms with van der Waals surface area (Å²) in [5.74, 6) is 1.01. The van der Waals surface area contributed by atoms with Crippen molar-refractivity contribution in [2.24, 2.45) is 0 Å². The van der Waals surface area contributed by atoms with E-state index in [-0.39, 0.29) is 36.5 Å². The van der Waals surface area contributed by atoms with E-state index in [2.05, 4.69) is 26.0 Å². The molecule has 2 heterocycles. The lowest BCUT2D eigenvalue weighted by molar-refractivity contribution is -0.115. The van der Waals surface area contributed by atoms with Crippen molar-refractivity contribution >= 4 is 17.8 Å². The molecule has 162 valence electrons. The molecule has 0 radical (unpaired) electrons. The molecule has 0 aromatic carbocycles. The summed E-state index contributed by atoms with van der Waals surface area (Å²) < 4.78 is 10.7. The van der Waals surface area contributed by atoms with E-state index in [9.17, 15) is 9.59 Å². The van der Waals surface area contributed by atoms with E-state index in [1.165, 1.54) is 19.3 Å². The van der Waals surface area contributed by atoms with E-state index >= 15 is 0 Å². The van der Waals surface area contributed by atoms with Gasteiger partial charge in [-0.25, -0.2) is 4.79 Å². The van der Waals surface area contributed by atoms with Gasteiger partial charge in [-0.05, 0) is 39.0 Å². The number of carbonyl (C=O) groups excluding carboxylic acids is 2. The fourth-order valence-corrected chi connectivity index (χ4v) is 4.38. The van der Waals surface area contributed by atoms with Crippen LogP contribution in [0.1, 0.15) is 74.4 Å². The van der Waals surface area contributed by atoms with E-state index in [0.717, 1.165) is 43.5 Å². The van der Waals surface area contributed by atoms with Gasteiger partial charge in [0.2, 0.25) is 5.91 Å². The predicted octanol–water partition coefficient (Wildman–Crippen LogP) is 3.58. The number of H-pyrrole nitrogens is 1. The van der Waals surface area contributed by atoms with Gasteiger partial charge in [0, 0.05) is 29.8 Å². The molecular formula is C21H29N5O4. The second kappa shape index (κ2) is 9.32. The monoisotopic (exact) mass is 415 g/mol. The second-order valence-electron chi connectivity index (χ2n) is 8.38. The Labute approximate surface area is 175 Å². The molecule has 9 heteroatoms. The minimum Gasteiger partial charge on any atom is -0.446 e. The first-order valence-corrected chi connectivity index (χ1v) is 10.8. The first-order chi connectivity index (χ1) is 14.5. The first-order valence-electron chi connectivity index (χ1n) is 10.8. The molecule has 4 rings (SSSR count). The molecule has 2 aliphatic rings. The summed E-state index contributed by atoms with van der Waals surface area (Å²) in [6.45, 7) is 1.81. The van der Waals surface area contributed by atoms with Crippen molar-refractivity contribution in [2.45, 2.75) is 82.8 Å². The van der Waals surface area contributed by atoms with Gasteiger partial charge in [0.25, 0.3) is 0 Å². The lowest BCUT2D eigenvalue weighted by Crippen LogP contribution is -2.38. The van der Waals surface area contributed by atoms with E-state index in [1.807, 2.05) is 13.0 Å². The average Bonchev–Trinajstić information content (AvgIpc) is 3.44. The number of aromatic nitrogens is 3. The van der Waals surface area contributed by atoms with Gasteiger partial charge >= 0.3 is 6.09 Å². The van der Waals surface area contributed by atoms with Crippen LogP contribution < -0.4 is 10.6 Å². The molecule has 0 spiro atoms. The fraction of sp³-hybridized carbons (Fsp3) is 0.619. The van der Waals surface area contributed by atoms with Crippen LogP contribution in [0.4, 0.5) is 10.6 Å². The number of nitrogens with zero attached hydrogens (tertiary/aromatic N) is 2. The lowest BCUT2D eigenvalue weighted by Gasteiger charge is -2.23. The van der Waals surface area contributed by atoms with Crippen LogP contribution in [-0.2, 0) is 16.0 Å². The number of hydrogen-bond acceptors (Lipinski definition) is 6. The quantitative estimate of drug-likeness (QED) is 0.663. The molecule has 2 atom stereocenters. The maximum atomic E-state index is 12.2. The topological polar surface area (TPSA) is 122 Å². The van der Waals surface area contributed by atoms with Gasteiger partial charge in [0.1, 0.15) is 11.9 Å². The van der Waals surface area contributed by atoms with Crippen LogP contribution in [0.25, 0.3) is 0 Å². The first kappa shape index (κ1) is 20.4. The molecule has 3 N–H and O–H groups in total. The fourth-order valence-electron chi connectivity index (χ4n) is 4.38. The summed E-state index contributed by atoms with van der Waals surface area (Å²) in [5, 5.41) is 16.7. The Balaban J connectivity index is 1.23. The number of aromatic amines is 1. The van der Waals surface area contributed by atoms with Crippen molar-refractivity contribution in [3.63, 3.8) is 0 Å². The van der Waals surface area contributed by atoms with E-state index in [1.54, 1.807) is 6.07 Å². The number of amides is 2. The third-order valence-electron chi connectivity index (χ3n) is 5.90. The zero-order valence-electron chi connectivity index (χ0n) is 17.3. The smallest absolute Gasteiger partial charge is 0.407 e. The number of aryl methyl sites for hydroxylation is 1. The molecule has 0 aliphatic heterocycles. The Morgan fingerprint density at radius 1 is 1.20 bits per heavy atom. The third kappa shape index (κ3) is 5.40. The molecule has 2 aliphatic carbocycles. The summed E-state index contributed by atoms with van der Waals surface area (Å²) >= 11 is 0. The molecule has 2 amide bonds. The van der Waals surface area contributed by atoms with Crippen LogP contribution in [0.3, 0.4) is 0 Å². The maximum Gasteiger partial charge on any atom is 0.407 e. The highest BCUT2D eigenvalue weighted by atomic mass is 16.6. The van der Waals surface area contributed by atoms with Crippen molar-refractivity contribution in [1.82, 2.24) is 20.7 Å². The molecule has 30 heavy (non-hydrogen) atoms. The van der Waals surface area contributed by atoms with Gasteiger partial charge in [-0.2, -0.15) is 5.10 Å². The molecule has 9 nitrogen and oxygen atoms in total. The lowest BCUT2D eigenvalue weighted by atomic mass is 9.96. The van der Waals surface area contributed by atoms with Crippen molar-refractivity contribution in [1.29, 1.82) is 0 Å². The normalized spacial score (nSPS) is 22.0. The van der Waals surface area contributed by atoms with Crippen LogP contribution in [0, 0.1) is 6.92 Å². The number of ether oxygens (including phenoxy) is 1. The van der Waals surface area contributed by atoms with Gasteiger partial charge in [-0.3, -0.25) is 9.89 Å². The standard InChI is InChI=1S/C21H29N5O4/c1-13-9-17(30-26-13)11-20(27)23-19-12-18(24-25-19)14-7-8-16(10-14)29-21(28)22-15-5-3-2-4-6-15/h9,12,14-16H,2-8,10-11H2,1H3,(H,22,28)(H2,23,24,25,27)/t14-,16-/m1/s1. The number of nitrogens with one attached hydrogen (secondary N) is 3. The van der Waals surface area contributed by atoms with Crippen LogP contribution in [0.2, 0.25) is 0 Å². The molecular weight excluding hydrogens is 386 g/mol. The van der Waals surface area contributed by atoms with E-state index in [0.29, 0.717) is 11.6 Å². The Morgan fingerprint density at radius 2 is 2.03 bits per heavy atom. The Morgan fingerprint density at radius 3 is 2.80 bits per heavy atom. The van der Waals surface area contributed by atoms with Crippen LogP contribution in [-0.4, -0.2) is 39.5 Å². The predicted molar refractivity (Wildman–Crippen MR) is 109 cm³/mol. The van der Waals surface area contributed by atoms with E-state index < -0.39 is 0 Å². The van der Waals surface area contributed by atoms with Crippen molar-refractivity contribution in [3.05, 3.63) is 29.3 Å². The third-order valence-corrected chi connectivity index (χ3v) is 5.90. The van der Waals surface area contributed by atoms with E-state index in [4.69, 9.17) is 9.26 Å². The van der Waals surface area contributed by atoms with Crippen molar-refractivity contribution in [3.8, 4) is 0 Å². The molecule has 2 saturated carbocycles. The zero-order valence-corrected chi connectivity index (χ0v) is 17.3. The molecule has 2 aromatic rings. The van der Waals surface area contributed by atoms with Crippen LogP contribution in [0.5, 0.6) is 0 Å².